The SMILES string of the molecule is CCOC(=O)C(CC(=O)c1ccc(-c2ccc(Cl)cc2)cc1)CC(=O)N1CCCC1C(=O)Nc1ccccc1. The highest BCUT2D eigenvalue weighted by Crippen LogP contribution is 2.25. The lowest BCUT2D eigenvalue weighted by Crippen LogP contribution is -2.44. The number of nitrogens with one attached hydrogen (secondary N) is 1. The van der Waals surface area contributed by atoms with Gasteiger partial charge in [0, 0.05) is 35.7 Å². The minimum Gasteiger partial charge on any atom is -0.466 e. The fourth-order valence-electron chi connectivity index (χ4n) is 4.74. The third-order valence-corrected chi connectivity index (χ3v) is 7.03. The number of para-hydroxylation sites is 1. The number of ether oxygens (including phenoxy) is 1. The van der Waals surface area contributed by atoms with Gasteiger partial charge in [0.2, 0.25) is 11.8 Å². The Hall–Kier alpha value is -3.97. The summed E-state index contributed by atoms with van der Waals surface area (Å²) in [5, 5.41) is 3.49. The molecule has 0 radical (unpaired) electrons. The van der Waals surface area contributed by atoms with Crippen LogP contribution in [0.4, 0.5) is 5.69 Å². The van der Waals surface area contributed by atoms with E-state index in [4.69, 9.17) is 16.3 Å². The first-order valence-electron chi connectivity index (χ1n) is 13.1. The number of amides is 2. The van der Waals surface area contributed by atoms with Gasteiger partial charge in [0.15, 0.2) is 5.78 Å². The van der Waals surface area contributed by atoms with Gasteiger partial charge >= 0.3 is 5.97 Å². The lowest BCUT2D eigenvalue weighted by atomic mass is 9.93. The molecule has 1 N–H and O–H groups in total. The normalized spacial score (nSPS) is 15.4. The maximum Gasteiger partial charge on any atom is 0.309 e. The van der Waals surface area contributed by atoms with Gasteiger partial charge in [-0.15, -0.1) is 0 Å². The maximum absolute atomic E-state index is 13.3. The van der Waals surface area contributed by atoms with Crippen LogP contribution in [0.25, 0.3) is 11.1 Å². The lowest BCUT2D eigenvalue weighted by molar-refractivity contribution is -0.151. The number of likely N-dealkylation sites (tertiary alicyclic amines) is 1. The summed E-state index contributed by atoms with van der Waals surface area (Å²) >= 11 is 5.97. The van der Waals surface area contributed by atoms with Gasteiger partial charge in [-0.2, -0.15) is 0 Å². The third-order valence-electron chi connectivity index (χ3n) is 6.77. The number of hydrogen-bond acceptors (Lipinski definition) is 5. The zero-order chi connectivity index (χ0) is 27.8. The van der Waals surface area contributed by atoms with Crippen LogP contribution in [-0.4, -0.2) is 47.7 Å². The smallest absolute Gasteiger partial charge is 0.309 e. The Balaban J connectivity index is 1.42. The van der Waals surface area contributed by atoms with Crippen LogP contribution in [0.1, 0.15) is 43.0 Å². The van der Waals surface area contributed by atoms with Crippen LogP contribution in [0.5, 0.6) is 0 Å². The molecule has 0 aromatic heterocycles. The van der Waals surface area contributed by atoms with Crippen molar-refractivity contribution >= 4 is 40.9 Å². The summed E-state index contributed by atoms with van der Waals surface area (Å²) in [6.45, 7) is 2.24. The van der Waals surface area contributed by atoms with E-state index in [-0.39, 0.29) is 37.0 Å². The van der Waals surface area contributed by atoms with Crippen molar-refractivity contribution in [1.82, 2.24) is 4.90 Å². The maximum atomic E-state index is 13.3. The van der Waals surface area contributed by atoms with Crippen molar-refractivity contribution < 1.29 is 23.9 Å². The number of nitrogens with zero attached hydrogens (tertiary/aromatic N) is 1. The van der Waals surface area contributed by atoms with Crippen molar-refractivity contribution in [3.63, 3.8) is 0 Å². The summed E-state index contributed by atoms with van der Waals surface area (Å²) in [4.78, 5) is 53.6. The Labute approximate surface area is 233 Å². The van der Waals surface area contributed by atoms with Gasteiger partial charge in [-0.1, -0.05) is 66.2 Å². The molecule has 4 rings (SSSR count). The first-order valence-corrected chi connectivity index (χ1v) is 13.4. The van der Waals surface area contributed by atoms with E-state index < -0.39 is 17.9 Å². The number of carbonyl (C=O) groups is 4. The molecule has 1 heterocycles. The molecule has 2 unspecified atom stereocenters. The number of carbonyl (C=O) groups excluding carboxylic acids is 4. The fraction of sp³-hybridized carbons (Fsp3) is 0.290. The third kappa shape index (κ3) is 7.33. The second-order valence-corrected chi connectivity index (χ2v) is 9.90. The van der Waals surface area contributed by atoms with Gasteiger partial charge < -0.3 is 15.0 Å². The molecule has 39 heavy (non-hydrogen) atoms. The van der Waals surface area contributed by atoms with E-state index in [9.17, 15) is 19.2 Å². The molecule has 1 aliphatic rings. The van der Waals surface area contributed by atoms with E-state index in [1.54, 1.807) is 43.3 Å². The van der Waals surface area contributed by atoms with Crippen molar-refractivity contribution in [3.05, 3.63) is 89.4 Å². The van der Waals surface area contributed by atoms with E-state index >= 15 is 0 Å². The number of benzene rings is 3. The molecule has 1 fully saturated rings. The summed E-state index contributed by atoms with van der Waals surface area (Å²) in [5.41, 5.74) is 2.98. The van der Waals surface area contributed by atoms with Crippen molar-refractivity contribution in [2.24, 2.45) is 5.92 Å². The minimum absolute atomic E-state index is 0.138. The Morgan fingerprint density at radius 3 is 2.21 bits per heavy atom. The molecule has 1 aliphatic heterocycles. The molecule has 8 heteroatoms. The fourth-order valence-corrected chi connectivity index (χ4v) is 4.87. The van der Waals surface area contributed by atoms with E-state index in [0.717, 1.165) is 11.1 Å². The Bertz CT molecular complexity index is 1310. The zero-order valence-corrected chi connectivity index (χ0v) is 22.5. The summed E-state index contributed by atoms with van der Waals surface area (Å²) < 4.78 is 5.19. The van der Waals surface area contributed by atoms with E-state index in [1.165, 1.54) is 4.90 Å². The quantitative estimate of drug-likeness (QED) is 0.257. The minimum atomic E-state index is -0.945. The van der Waals surface area contributed by atoms with Crippen LogP contribution < -0.4 is 5.32 Å². The van der Waals surface area contributed by atoms with Crippen LogP contribution in [0.3, 0.4) is 0 Å². The molecular weight excluding hydrogens is 516 g/mol. The van der Waals surface area contributed by atoms with Gasteiger partial charge in [-0.05, 0) is 55.2 Å². The van der Waals surface area contributed by atoms with E-state index in [0.29, 0.717) is 35.7 Å². The van der Waals surface area contributed by atoms with Crippen molar-refractivity contribution in [3.8, 4) is 11.1 Å². The van der Waals surface area contributed by atoms with E-state index in [1.807, 2.05) is 42.5 Å². The Morgan fingerprint density at radius 1 is 0.923 bits per heavy atom. The molecular formula is C31H31ClN2O5. The summed E-state index contributed by atoms with van der Waals surface area (Å²) in [6.07, 6.45) is 0.844. The van der Waals surface area contributed by atoms with Crippen LogP contribution >= 0.6 is 11.6 Å². The van der Waals surface area contributed by atoms with Gasteiger partial charge in [0.25, 0.3) is 0 Å². The van der Waals surface area contributed by atoms with Crippen molar-refractivity contribution in [2.75, 3.05) is 18.5 Å². The summed E-state index contributed by atoms with van der Waals surface area (Å²) in [5.74, 6) is -2.41. The first kappa shape index (κ1) is 28.0. The number of ketones is 1. The summed E-state index contributed by atoms with van der Waals surface area (Å²) in [6, 6.07) is 22.9. The molecule has 0 saturated carbocycles. The largest absolute Gasteiger partial charge is 0.466 e. The molecule has 1 saturated heterocycles. The number of Topliss-reactive ketones (excluding diaryl/α,β-unsaturated/α-hetero) is 1. The molecule has 7 nitrogen and oxygen atoms in total. The molecule has 0 bridgehead atoms. The predicted molar refractivity (Wildman–Crippen MR) is 150 cm³/mol. The highest BCUT2D eigenvalue weighted by atomic mass is 35.5. The molecule has 202 valence electrons. The molecule has 0 aliphatic carbocycles. The van der Waals surface area contributed by atoms with Crippen LogP contribution in [0.2, 0.25) is 5.02 Å². The average Bonchev–Trinajstić information content (AvgIpc) is 3.44. The van der Waals surface area contributed by atoms with Gasteiger partial charge in [-0.25, -0.2) is 0 Å². The molecule has 2 amide bonds. The predicted octanol–water partition coefficient (Wildman–Crippen LogP) is 5.78. The first-order chi connectivity index (χ1) is 18.9. The highest BCUT2D eigenvalue weighted by molar-refractivity contribution is 6.30. The number of rotatable bonds is 10. The molecule has 0 spiro atoms. The van der Waals surface area contributed by atoms with Gasteiger partial charge in [-0.3, -0.25) is 19.2 Å². The van der Waals surface area contributed by atoms with Crippen LogP contribution in [0.15, 0.2) is 78.9 Å². The van der Waals surface area contributed by atoms with Crippen molar-refractivity contribution in [1.29, 1.82) is 0 Å². The van der Waals surface area contributed by atoms with Crippen molar-refractivity contribution in [2.45, 2.75) is 38.6 Å². The van der Waals surface area contributed by atoms with Crippen LogP contribution in [-0.2, 0) is 19.1 Å². The second kappa shape index (κ2) is 13.2. The van der Waals surface area contributed by atoms with Crippen LogP contribution in [0, 0.1) is 5.92 Å². The molecule has 2 atom stereocenters. The zero-order valence-electron chi connectivity index (χ0n) is 21.8. The lowest BCUT2D eigenvalue weighted by Gasteiger charge is -2.25. The number of anilines is 1. The monoisotopic (exact) mass is 546 g/mol. The summed E-state index contributed by atoms with van der Waals surface area (Å²) in [7, 11) is 0. The number of hydrogen-bond donors (Lipinski definition) is 1. The highest BCUT2D eigenvalue weighted by Gasteiger charge is 2.36. The molecule has 3 aromatic carbocycles. The van der Waals surface area contributed by atoms with Gasteiger partial charge in [0.1, 0.15) is 6.04 Å². The molecule has 3 aromatic rings. The standard InChI is InChI=1S/C31H31ClN2O5/c1-2-39-31(38)24(19-28(35)23-12-10-21(11-13-23)22-14-16-25(32)17-15-22)20-29(36)34-18-6-9-27(34)30(37)33-26-7-4-3-5-8-26/h3-5,7-8,10-17,24,27H,2,6,9,18-20H2,1H3,(H,33,37). The number of halogens is 1. The van der Waals surface area contributed by atoms with Gasteiger partial charge in [0.05, 0.1) is 12.5 Å². The van der Waals surface area contributed by atoms with E-state index in [2.05, 4.69) is 5.32 Å². The Kier molecular flexibility index (Phi) is 9.49. The Morgan fingerprint density at radius 2 is 1.56 bits per heavy atom. The topological polar surface area (TPSA) is 92.8 Å². The number of esters is 1. The second-order valence-electron chi connectivity index (χ2n) is 9.47. The average molecular weight is 547 g/mol.